The molecule has 0 saturated carbocycles. The summed E-state index contributed by atoms with van der Waals surface area (Å²) in [6, 6.07) is 6.90. The predicted molar refractivity (Wildman–Crippen MR) is 70.2 cm³/mol. The highest BCUT2D eigenvalue weighted by Crippen LogP contribution is 2.14. The smallest absolute Gasteiger partial charge is 0.257 e. The van der Waals surface area contributed by atoms with E-state index in [1.54, 1.807) is 24.3 Å². The standard InChI is InChI=1S/C13H20N2O3/c1-13(2,9-16)8-15-12(17)7-18-11-5-3-4-10(14)6-11/h3-6,16H,7-9,14H2,1-2H3,(H,15,17). The van der Waals surface area contributed by atoms with Crippen molar-refractivity contribution in [3.05, 3.63) is 24.3 Å². The van der Waals surface area contributed by atoms with Crippen molar-refractivity contribution in [1.82, 2.24) is 5.32 Å². The lowest BCUT2D eigenvalue weighted by molar-refractivity contribution is -0.123. The van der Waals surface area contributed by atoms with Gasteiger partial charge in [-0.15, -0.1) is 0 Å². The van der Waals surface area contributed by atoms with Crippen LogP contribution in [-0.4, -0.2) is 30.8 Å². The largest absolute Gasteiger partial charge is 0.484 e. The van der Waals surface area contributed by atoms with Crippen LogP contribution in [0.2, 0.25) is 0 Å². The molecule has 0 bridgehead atoms. The summed E-state index contributed by atoms with van der Waals surface area (Å²) in [5.74, 6) is 0.338. The Morgan fingerprint density at radius 2 is 2.22 bits per heavy atom. The highest BCUT2D eigenvalue weighted by molar-refractivity contribution is 5.77. The summed E-state index contributed by atoms with van der Waals surface area (Å²) in [5.41, 5.74) is 5.86. The van der Waals surface area contributed by atoms with Gasteiger partial charge < -0.3 is 20.9 Å². The Bertz CT molecular complexity index is 405. The molecule has 1 amide bonds. The van der Waals surface area contributed by atoms with Crippen molar-refractivity contribution in [1.29, 1.82) is 0 Å². The third kappa shape index (κ3) is 5.05. The Labute approximate surface area is 107 Å². The first-order valence-electron chi connectivity index (χ1n) is 5.79. The van der Waals surface area contributed by atoms with Crippen LogP contribution in [0.3, 0.4) is 0 Å². The zero-order valence-electron chi connectivity index (χ0n) is 10.8. The lowest BCUT2D eigenvalue weighted by Gasteiger charge is -2.21. The van der Waals surface area contributed by atoms with Crippen LogP contribution in [-0.2, 0) is 4.79 Å². The van der Waals surface area contributed by atoms with Crippen LogP contribution in [0, 0.1) is 5.41 Å². The number of ether oxygens (including phenoxy) is 1. The second-order valence-corrected chi connectivity index (χ2v) is 4.96. The number of amides is 1. The molecule has 0 unspecified atom stereocenters. The van der Waals surface area contributed by atoms with Crippen LogP contribution in [0.1, 0.15) is 13.8 Å². The second-order valence-electron chi connectivity index (χ2n) is 4.96. The maximum atomic E-state index is 11.5. The maximum absolute atomic E-state index is 11.5. The van der Waals surface area contributed by atoms with E-state index < -0.39 is 0 Å². The van der Waals surface area contributed by atoms with Crippen LogP contribution < -0.4 is 15.8 Å². The molecule has 100 valence electrons. The van der Waals surface area contributed by atoms with Gasteiger partial charge in [0.2, 0.25) is 0 Å². The number of aliphatic hydroxyl groups is 1. The fourth-order valence-electron chi connectivity index (χ4n) is 1.20. The molecule has 4 N–H and O–H groups in total. The monoisotopic (exact) mass is 252 g/mol. The third-order valence-electron chi connectivity index (χ3n) is 2.42. The zero-order valence-corrected chi connectivity index (χ0v) is 10.8. The number of hydrogen-bond acceptors (Lipinski definition) is 4. The van der Waals surface area contributed by atoms with Crippen LogP contribution in [0.5, 0.6) is 5.75 Å². The molecule has 0 fully saturated rings. The first-order valence-corrected chi connectivity index (χ1v) is 5.79. The van der Waals surface area contributed by atoms with Gasteiger partial charge in [0, 0.05) is 30.3 Å². The average Bonchev–Trinajstić information content (AvgIpc) is 2.34. The summed E-state index contributed by atoms with van der Waals surface area (Å²) in [6.07, 6.45) is 0. The summed E-state index contributed by atoms with van der Waals surface area (Å²) >= 11 is 0. The lowest BCUT2D eigenvalue weighted by Crippen LogP contribution is -2.38. The van der Waals surface area contributed by atoms with Gasteiger partial charge in [-0.25, -0.2) is 0 Å². The van der Waals surface area contributed by atoms with E-state index in [0.29, 0.717) is 18.0 Å². The van der Waals surface area contributed by atoms with Crippen molar-refractivity contribution in [2.75, 3.05) is 25.5 Å². The molecular formula is C13H20N2O3. The molecule has 0 aliphatic rings. The number of anilines is 1. The van der Waals surface area contributed by atoms with Gasteiger partial charge in [0.25, 0.3) is 5.91 Å². The molecule has 18 heavy (non-hydrogen) atoms. The number of nitrogen functional groups attached to an aromatic ring is 1. The van der Waals surface area contributed by atoms with Gasteiger partial charge in [0.1, 0.15) is 5.75 Å². The minimum absolute atomic E-state index is 0.0172. The second kappa shape index (κ2) is 6.26. The van der Waals surface area contributed by atoms with Crippen LogP contribution in [0.25, 0.3) is 0 Å². The van der Waals surface area contributed by atoms with Crippen LogP contribution in [0.15, 0.2) is 24.3 Å². The van der Waals surface area contributed by atoms with E-state index in [1.807, 2.05) is 13.8 Å². The molecule has 5 heteroatoms. The van der Waals surface area contributed by atoms with Gasteiger partial charge in [-0.3, -0.25) is 4.79 Å². The fourth-order valence-corrected chi connectivity index (χ4v) is 1.20. The Morgan fingerprint density at radius 1 is 1.50 bits per heavy atom. The summed E-state index contributed by atoms with van der Waals surface area (Å²) in [5, 5.41) is 11.8. The van der Waals surface area contributed by atoms with Crippen molar-refractivity contribution < 1.29 is 14.6 Å². The van der Waals surface area contributed by atoms with Crippen molar-refractivity contribution in [2.45, 2.75) is 13.8 Å². The third-order valence-corrected chi connectivity index (χ3v) is 2.42. The lowest BCUT2D eigenvalue weighted by atomic mass is 9.95. The molecule has 0 heterocycles. The highest BCUT2D eigenvalue weighted by Gasteiger charge is 2.17. The predicted octanol–water partition coefficient (Wildman–Crippen LogP) is 0.782. The molecular weight excluding hydrogens is 232 g/mol. The van der Waals surface area contributed by atoms with E-state index in [1.165, 1.54) is 0 Å². The Morgan fingerprint density at radius 3 is 2.83 bits per heavy atom. The van der Waals surface area contributed by atoms with Crippen molar-refractivity contribution >= 4 is 11.6 Å². The highest BCUT2D eigenvalue weighted by atomic mass is 16.5. The maximum Gasteiger partial charge on any atom is 0.257 e. The number of benzene rings is 1. The van der Waals surface area contributed by atoms with Crippen molar-refractivity contribution in [2.24, 2.45) is 5.41 Å². The number of nitrogens with one attached hydrogen (secondary N) is 1. The first-order chi connectivity index (χ1) is 8.43. The normalized spacial score (nSPS) is 11.1. The summed E-state index contributed by atoms with van der Waals surface area (Å²) < 4.78 is 5.29. The number of aliphatic hydroxyl groups excluding tert-OH is 1. The van der Waals surface area contributed by atoms with Gasteiger partial charge in [-0.1, -0.05) is 19.9 Å². The summed E-state index contributed by atoms with van der Waals surface area (Å²) in [6.45, 7) is 4.09. The minimum Gasteiger partial charge on any atom is -0.484 e. The molecule has 1 rings (SSSR count). The first kappa shape index (κ1) is 14.3. The number of carbonyl (C=O) groups excluding carboxylic acids is 1. The summed E-state index contributed by atoms with van der Waals surface area (Å²) in [4.78, 5) is 11.5. The van der Waals surface area contributed by atoms with Gasteiger partial charge in [0.05, 0.1) is 0 Å². The van der Waals surface area contributed by atoms with E-state index in [0.717, 1.165) is 0 Å². The van der Waals surface area contributed by atoms with E-state index in [4.69, 9.17) is 15.6 Å². The van der Waals surface area contributed by atoms with Crippen molar-refractivity contribution in [3.8, 4) is 5.75 Å². The van der Waals surface area contributed by atoms with Crippen LogP contribution >= 0.6 is 0 Å². The number of hydrogen-bond donors (Lipinski definition) is 3. The van der Waals surface area contributed by atoms with E-state index in [9.17, 15) is 4.79 Å². The molecule has 0 atom stereocenters. The molecule has 0 aliphatic carbocycles. The molecule has 0 spiro atoms. The molecule has 0 aliphatic heterocycles. The fraction of sp³-hybridized carbons (Fsp3) is 0.462. The SMILES string of the molecule is CC(C)(CO)CNC(=O)COc1cccc(N)c1. The molecule has 0 radical (unpaired) electrons. The quantitative estimate of drug-likeness (QED) is 0.653. The zero-order chi connectivity index (χ0) is 13.6. The van der Waals surface area contributed by atoms with Gasteiger partial charge >= 0.3 is 0 Å². The molecule has 1 aromatic rings. The van der Waals surface area contributed by atoms with Crippen molar-refractivity contribution in [3.63, 3.8) is 0 Å². The molecule has 0 saturated heterocycles. The van der Waals surface area contributed by atoms with E-state index in [2.05, 4.69) is 5.32 Å². The van der Waals surface area contributed by atoms with E-state index in [-0.39, 0.29) is 24.5 Å². The molecule has 1 aromatic carbocycles. The number of nitrogens with two attached hydrogens (primary N) is 1. The topological polar surface area (TPSA) is 84.6 Å². The van der Waals surface area contributed by atoms with E-state index >= 15 is 0 Å². The molecule has 0 aromatic heterocycles. The number of rotatable bonds is 6. The number of carbonyl (C=O) groups is 1. The van der Waals surface area contributed by atoms with Gasteiger partial charge in [-0.05, 0) is 12.1 Å². The van der Waals surface area contributed by atoms with Gasteiger partial charge in [-0.2, -0.15) is 0 Å². The van der Waals surface area contributed by atoms with Crippen LogP contribution in [0.4, 0.5) is 5.69 Å². The average molecular weight is 252 g/mol. The Kier molecular flexibility index (Phi) is 4.97. The minimum atomic E-state index is -0.327. The van der Waals surface area contributed by atoms with Gasteiger partial charge in [0.15, 0.2) is 6.61 Å². The Hall–Kier alpha value is -1.75. The summed E-state index contributed by atoms with van der Waals surface area (Å²) in [7, 11) is 0. The molecule has 5 nitrogen and oxygen atoms in total. The Balaban J connectivity index is 2.34.